The highest BCUT2D eigenvalue weighted by Gasteiger charge is 2.29. The SMILES string of the molecule is CC1(C)CN(C(=O)Cc2ccccc2O)CCS1. The number of rotatable bonds is 2. The van der Waals surface area contributed by atoms with Crippen molar-refractivity contribution in [2.75, 3.05) is 18.8 Å². The number of hydrogen-bond donors (Lipinski definition) is 1. The number of aromatic hydroxyl groups is 1. The molecule has 1 saturated heterocycles. The summed E-state index contributed by atoms with van der Waals surface area (Å²) >= 11 is 1.91. The minimum atomic E-state index is 0.102. The largest absolute Gasteiger partial charge is 0.508 e. The van der Waals surface area contributed by atoms with Gasteiger partial charge in [0.2, 0.25) is 5.91 Å². The lowest BCUT2D eigenvalue weighted by molar-refractivity contribution is -0.130. The van der Waals surface area contributed by atoms with Gasteiger partial charge in [-0.1, -0.05) is 18.2 Å². The van der Waals surface area contributed by atoms with Crippen LogP contribution in [0.2, 0.25) is 0 Å². The van der Waals surface area contributed by atoms with Gasteiger partial charge < -0.3 is 10.0 Å². The number of hydrogen-bond acceptors (Lipinski definition) is 3. The van der Waals surface area contributed by atoms with E-state index in [0.717, 1.165) is 18.8 Å². The number of carbonyl (C=O) groups excluding carboxylic acids is 1. The normalized spacial score (nSPS) is 18.7. The third-order valence-electron chi connectivity index (χ3n) is 3.11. The molecule has 0 aliphatic carbocycles. The molecule has 3 nitrogen and oxygen atoms in total. The van der Waals surface area contributed by atoms with E-state index < -0.39 is 0 Å². The minimum Gasteiger partial charge on any atom is -0.508 e. The lowest BCUT2D eigenvalue weighted by Gasteiger charge is -2.37. The van der Waals surface area contributed by atoms with Crippen LogP contribution >= 0.6 is 11.8 Å². The van der Waals surface area contributed by atoms with Crippen molar-refractivity contribution in [2.45, 2.75) is 25.0 Å². The first-order chi connectivity index (χ1) is 8.48. The lowest BCUT2D eigenvalue weighted by Crippen LogP contribution is -2.46. The first kappa shape index (κ1) is 13.3. The Kier molecular flexibility index (Phi) is 3.85. The smallest absolute Gasteiger partial charge is 0.227 e. The summed E-state index contributed by atoms with van der Waals surface area (Å²) in [6, 6.07) is 7.04. The Hall–Kier alpha value is -1.16. The molecule has 2 rings (SSSR count). The van der Waals surface area contributed by atoms with Gasteiger partial charge in [0.1, 0.15) is 5.75 Å². The molecule has 98 valence electrons. The van der Waals surface area contributed by atoms with Crippen LogP contribution in [0.1, 0.15) is 19.4 Å². The second-order valence-electron chi connectivity index (χ2n) is 5.23. The molecule has 1 amide bonds. The lowest BCUT2D eigenvalue weighted by atomic mass is 10.1. The summed E-state index contributed by atoms with van der Waals surface area (Å²) in [5, 5.41) is 9.69. The number of benzene rings is 1. The van der Waals surface area contributed by atoms with Crippen molar-refractivity contribution >= 4 is 17.7 Å². The van der Waals surface area contributed by atoms with E-state index >= 15 is 0 Å². The van der Waals surface area contributed by atoms with Crippen LogP contribution in [0.25, 0.3) is 0 Å². The predicted octanol–water partition coefficient (Wildman–Crippen LogP) is 2.29. The van der Waals surface area contributed by atoms with Crippen LogP contribution in [0.5, 0.6) is 5.75 Å². The van der Waals surface area contributed by atoms with Gasteiger partial charge in [0, 0.05) is 29.2 Å². The fourth-order valence-electron chi connectivity index (χ4n) is 2.16. The molecule has 1 aromatic carbocycles. The maximum absolute atomic E-state index is 12.2. The highest BCUT2D eigenvalue weighted by Crippen LogP contribution is 2.30. The summed E-state index contributed by atoms with van der Waals surface area (Å²) in [6.07, 6.45) is 0.285. The van der Waals surface area contributed by atoms with E-state index in [1.54, 1.807) is 18.2 Å². The van der Waals surface area contributed by atoms with E-state index in [-0.39, 0.29) is 22.8 Å². The Morgan fingerprint density at radius 2 is 2.17 bits per heavy atom. The highest BCUT2D eigenvalue weighted by molar-refractivity contribution is 8.00. The van der Waals surface area contributed by atoms with E-state index in [2.05, 4.69) is 13.8 Å². The highest BCUT2D eigenvalue weighted by atomic mass is 32.2. The van der Waals surface area contributed by atoms with Crippen molar-refractivity contribution in [3.8, 4) is 5.75 Å². The summed E-state index contributed by atoms with van der Waals surface area (Å²) in [7, 11) is 0. The van der Waals surface area contributed by atoms with Gasteiger partial charge in [-0.05, 0) is 19.9 Å². The topological polar surface area (TPSA) is 40.5 Å². The van der Waals surface area contributed by atoms with Crippen molar-refractivity contribution in [3.63, 3.8) is 0 Å². The summed E-state index contributed by atoms with van der Waals surface area (Å²) in [5.74, 6) is 1.29. The minimum absolute atomic E-state index is 0.102. The van der Waals surface area contributed by atoms with E-state index in [4.69, 9.17) is 0 Å². The molecule has 1 aliphatic heterocycles. The molecule has 1 aliphatic rings. The van der Waals surface area contributed by atoms with Crippen molar-refractivity contribution in [3.05, 3.63) is 29.8 Å². The average molecular weight is 265 g/mol. The summed E-state index contributed by atoms with van der Waals surface area (Å²) < 4.78 is 0.132. The first-order valence-corrected chi connectivity index (χ1v) is 7.15. The number of carbonyl (C=O) groups is 1. The van der Waals surface area contributed by atoms with E-state index in [1.807, 2.05) is 22.7 Å². The molecule has 1 aromatic rings. The fourth-order valence-corrected chi connectivity index (χ4v) is 3.28. The average Bonchev–Trinajstić information content (AvgIpc) is 2.31. The number of nitrogens with zero attached hydrogens (tertiary/aromatic N) is 1. The van der Waals surface area contributed by atoms with E-state index in [9.17, 15) is 9.90 Å². The number of amides is 1. The molecule has 0 saturated carbocycles. The number of phenols is 1. The number of thioether (sulfide) groups is 1. The Labute approximate surface area is 112 Å². The third kappa shape index (κ3) is 3.19. The molecule has 1 heterocycles. The van der Waals surface area contributed by atoms with Crippen LogP contribution in [-0.4, -0.2) is 39.5 Å². The predicted molar refractivity (Wildman–Crippen MR) is 74.9 cm³/mol. The van der Waals surface area contributed by atoms with Crippen LogP contribution in [0, 0.1) is 0 Å². The zero-order valence-electron chi connectivity index (χ0n) is 10.8. The molecule has 0 bridgehead atoms. The van der Waals surface area contributed by atoms with Gasteiger partial charge in [-0.2, -0.15) is 11.8 Å². The van der Waals surface area contributed by atoms with Gasteiger partial charge in [0.25, 0.3) is 0 Å². The standard InChI is InChI=1S/C14H19NO2S/c1-14(2)10-15(7-8-18-14)13(17)9-11-5-3-4-6-12(11)16/h3-6,16H,7-10H2,1-2H3. The monoisotopic (exact) mass is 265 g/mol. The summed E-state index contributed by atoms with van der Waals surface area (Å²) in [6.45, 7) is 5.92. The van der Waals surface area contributed by atoms with Crippen LogP contribution < -0.4 is 0 Å². The first-order valence-electron chi connectivity index (χ1n) is 6.16. The van der Waals surface area contributed by atoms with Crippen molar-refractivity contribution < 1.29 is 9.90 Å². The van der Waals surface area contributed by atoms with Crippen LogP contribution in [-0.2, 0) is 11.2 Å². The molecular formula is C14H19NO2S. The molecule has 18 heavy (non-hydrogen) atoms. The van der Waals surface area contributed by atoms with Crippen molar-refractivity contribution in [2.24, 2.45) is 0 Å². The Bertz CT molecular complexity index is 445. The molecule has 0 radical (unpaired) electrons. The van der Waals surface area contributed by atoms with Gasteiger partial charge in [-0.25, -0.2) is 0 Å². The van der Waals surface area contributed by atoms with Gasteiger partial charge in [0.15, 0.2) is 0 Å². The Morgan fingerprint density at radius 1 is 1.44 bits per heavy atom. The molecule has 0 aromatic heterocycles. The van der Waals surface area contributed by atoms with E-state index in [1.165, 1.54) is 0 Å². The Morgan fingerprint density at radius 3 is 2.83 bits per heavy atom. The van der Waals surface area contributed by atoms with Crippen LogP contribution in [0.4, 0.5) is 0 Å². The van der Waals surface area contributed by atoms with Crippen molar-refractivity contribution in [1.29, 1.82) is 0 Å². The van der Waals surface area contributed by atoms with E-state index in [0.29, 0.717) is 5.56 Å². The summed E-state index contributed by atoms with van der Waals surface area (Å²) in [5.41, 5.74) is 0.707. The van der Waals surface area contributed by atoms with Gasteiger partial charge in [-0.3, -0.25) is 4.79 Å². The van der Waals surface area contributed by atoms with Gasteiger partial charge in [-0.15, -0.1) is 0 Å². The number of para-hydroxylation sites is 1. The maximum atomic E-state index is 12.2. The number of phenolic OH excluding ortho intramolecular Hbond substituents is 1. The molecule has 0 unspecified atom stereocenters. The molecule has 0 atom stereocenters. The zero-order valence-corrected chi connectivity index (χ0v) is 11.7. The quantitative estimate of drug-likeness (QED) is 0.892. The third-order valence-corrected chi connectivity index (χ3v) is 4.41. The molecule has 4 heteroatoms. The van der Waals surface area contributed by atoms with Crippen LogP contribution in [0.3, 0.4) is 0 Å². The second kappa shape index (κ2) is 5.22. The molecule has 1 N–H and O–H groups in total. The zero-order chi connectivity index (χ0) is 13.2. The van der Waals surface area contributed by atoms with Gasteiger partial charge in [0.05, 0.1) is 6.42 Å². The molecular weight excluding hydrogens is 246 g/mol. The summed E-state index contributed by atoms with van der Waals surface area (Å²) in [4.78, 5) is 14.1. The maximum Gasteiger partial charge on any atom is 0.227 e. The fraction of sp³-hybridized carbons (Fsp3) is 0.500. The Balaban J connectivity index is 2.02. The molecule has 1 fully saturated rings. The second-order valence-corrected chi connectivity index (χ2v) is 7.03. The van der Waals surface area contributed by atoms with Crippen molar-refractivity contribution in [1.82, 2.24) is 4.90 Å². The molecule has 0 spiro atoms. The van der Waals surface area contributed by atoms with Crippen LogP contribution in [0.15, 0.2) is 24.3 Å². The van der Waals surface area contributed by atoms with Gasteiger partial charge >= 0.3 is 0 Å².